The number of ketones is 1. The van der Waals surface area contributed by atoms with Gasteiger partial charge in [-0.2, -0.15) is 4.72 Å². The van der Waals surface area contributed by atoms with Gasteiger partial charge in [0.15, 0.2) is 5.78 Å². The van der Waals surface area contributed by atoms with Crippen molar-refractivity contribution < 1.29 is 18.3 Å². The van der Waals surface area contributed by atoms with E-state index in [1.54, 1.807) is 12.1 Å². The van der Waals surface area contributed by atoms with Crippen molar-refractivity contribution in [1.82, 2.24) is 4.72 Å². The lowest BCUT2D eigenvalue weighted by atomic mass is 10.0. The van der Waals surface area contributed by atoms with Gasteiger partial charge in [0.1, 0.15) is 6.04 Å². The number of aliphatic hydroxyl groups excluding tert-OH is 1. The molecule has 0 radical (unpaired) electrons. The van der Waals surface area contributed by atoms with Crippen LogP contribution >= 0.6 is 0 Å². The van der Waals surface area contributed by atoms with Crippen LogP contribution in [-0.4, -0.2) is 32.0 Å². The number of sulfonamides is 1. The summed E-state index contributed by atoms with van der Waals surface area (Å²) in [6, 6.07) is 5.29. The van der Waals surface area contributed by atoms with Crippen LogP contribution in [0.15, 0.2) is 29.2 Å². The first-order valence-corrected chi connectivity index (χ1v) is 10.1. The predicted molar refractivity (Wildman–Crippen MR) is 95.4 cm³/mol. The molecule has 0 saturated heterocycles. The topological polar surface area (TPSA) is 83.5 Å². The molecule has 0 aliphatic carbocycles. The number of benzene rings is 1. The summed E-state index contributed by atoms with van der Waals surface area (Å²) in [6.45, 7) is 3.49. The Morgan fingerprint density at radius 3 is 2.25 bits per heavy atom. The molecule has 0 spiro atoms. The van der Waals surface area contributed by atoms with Crippen LogP contribution in [0.3, 0.4) is 0 Å². The van der Waals surface area contributed by atoms with Gasteiger partial charge in [-0.05, 0) is 25.5 Å². The first-order valence-electron chi connectivity index (χ1n) is 8.63. The van der Waals surface area contributed by atoms with Crippen LogP contribution in [0.4, 0.5) is 0 Å². The van der Waals surface area contributed by atoms with Crippen LogP contribution in [0.1, 0.15) is 57.4 Å². The second kappa shape index (κ2) is 10.6. The molecule has 0 heterocycles. The Hall–Kier alpha value is -1.24. The molecular weight excluding hydrogens is 326 g/mol. The normalized spacial score (nSPS) is 13.0. The zero-order chi connectivity index (χ0) is 18.0. The molecule has 0 unspecified atom stereocenters. The van der Waals surface area contributed by atoms with Gasteiger partial charge in [0, 0.05) is 6.42 Å². The third-order valence-electron chi connectivity index (χ3n) is 3.98. The van der Waals surface area contributed by atoms with Gasteiger partial charge in [0.25, 0.3) is 0 Å². The van der Waals surface area contributed by atoms with E-state index in [9.17, 15) is 18.3 Å². The number of unbranched alkanes of at least 4 members (excludes halogenated alkanes) is 5. The van der Waals surface area contributed by atoms with Gasteiger partial charge in [-0.3, -0.25) is 4.79 Å². The summed E-state index contributed by atoms with van der Waals surface area (Å²) in [5, 5.41) is 9.38. The third kappa shape index (κ3) is 7.11. The molecule has 0 saturated carbocycles. The Balaban J connectivity index is 2.53. The van der Waals surface area contributed by atoms with Gasteiger partial charge in [0.05, 0.1) is 11.5 Å². The molecule has 0 aliphatic heterocycles. The van der Waals surface area contributed by atoms with Gasteiger partial charge in [-0.1, -0.05) is 56.7 Å². The zero-order valence-electron chi connectivity index (χ0n) is 14.6. The lowest BCUT2D eigenvalue weighted by molar-refractivity contribution is -0.121. The van der Waals surface area contributed by atoms with E-state index < -0.39 is 22.7 Å². The van der Waals surface area contributed by atoms with Crippen molar-refractivity contribution in [3.63, 3.8) is 0 Å². The summed E-state index contributed by atoms with van der Waals surface area (Å²) in [5.74, 6) is -0.260. The van der Waals surface area contributed by atoms with Gasteiger partial charge >= 0.3 is 0 Å². The van der Waals surface area contributed by atoms with E-state index in [2.05, 4.69) is 11.6 Å². The van der Waals surface area contributed by atoms with Crippen LogP contribution in [0.25, 0.3) is 0 Å². The van der Waals surface area contributed by atoms with Crippen LogP contribution in [-0.2, 0) is 14.8 Å². The van der Waals surface area contributed by atoms with E-state index in [1.165, 1.54) is 25.0 Å². The summed E-state index contributed by atoms with van der Waals surface area (Å²) in [5.41, 5.74) is 0.951. The molecule has 0 bridgehead atoms. The molecule has 1 atom stereocenters. The van der Waals surface area contributed by atoms with Crippen molar-refractivity contribution in [2.24, 2.45) is 0 Å². The van der Waals surface area contributed by atoms with E-state index in [1.807, 2.05) is 6.92 Å². The zero-order valence-corrected chi connectivity index (χ0v) is 15.4. The Kier molecular flexibility index (Phi) is 9.18. The predicted octanol–water partition coefficient (Wildman–Crippen LogP) is 2.95. The monoisotopic (exact) mass is 355 g/mol. The molecule has 1 aromatic carbocycles. The average Bonchev–Trinajstić information content (AvgIpc) is 2.56. The summed E-state index contributed by atoms with van der Waals surface area (Å²) in [4.78, 5) is 12.2. The van der Waals surface area contributed by atoms with Crippen LogP contribution in [0.2, 0.25) is 0 Å². The van der Waals surface area contributed by atoms with Crippen molar-refractivity contribution in [2.75, 3.05) is 6.61 Å². The van der Waals surface area contributed by atoms with Crippen molar-refractivity contribution in [3.05, 3.63) is 29.8 Å². The highest BCUT2D eigenvalue weighted by Crippen LogP contribution is 2.12. The van der Waals surface area contributed by atoms with E-state index in [0.717, 1.165) is 31.2 Å². The molecular formula is C18H29NO4S. The first-order chi connectivity index (χ1) is 11.4. The largest absolute Gasteiger partial charge is 0.394 e. The molecule has 0 aromatic heterocycles. The van der Waals surface area contributed by atoms with Crippen molar-refractivity contribution in [3.8, 4) is 0 Å². The maximum atomic E-state index is 12.3. The number of hydrogen-bond donors (Lipinski definition) is 2. The Morgan fingerprint density at radius 2 is 1.67 bits per heavy atom. The minimum absolute atomic E-state index is 0.0962. The maximum absolute atomic E-state index is 12.3. The quantitative estimate of drug-likeness (QED) is 0.565. The van der Waals surface area contributed by atoms with Crippen molar-refractivity contribution in [1.29, 1.82) is 0 Å². The van der Waals surface area contributed by atoms with Crippen molar-refractivity contribution >= 4 is 15.8 Å². The van der Waals surface area contributed by atoms with Gasteiger partial charge in [-0.15, -0.1) is 0 Å². The summed E-state index contributed by atoms with van der Waals surface area (Å²) in [6.07, 6.45) is 6.58. The van der Waals surface area contributed by atoms with E-state index in [-0.39, 0.29) is 17.1 Å². The summed E-state index contributed by atoms with van der Waals surface area (Å²) >= 11 is 0. The molecule has 1 aromatic rings. The Morgan fingerprint density at radius 1 is 1.08 bits per heavy atom. The lowest BCUT2D eigenvalue weighted by Crippen LogP contribution is -2.43. The number of hydrogen-bond acceptors (Lipinski definition) is 4. The number of aryl methyl sites for hydroxylation is 1. The minimum Gasteiger partial charge on any atom is -0.394 e. The Bertz CT molecular complexity index is 596. The maximum Gasteiger partial charge on any atom is 0.241 e. The second-order valence-corrected chi connectivity index (χ2v) is 7.87. The number of carbonyl (C=O) groups is 1. The highest BCUT2D eigenvalue weighted by atomic mass is 32.2. The third-order valence-corrected chi connectivity index (χ3v) is 5.46. The van der Waals surface area contributed by atoms with Crippen LogP contribution in [0.5, 0.6) is 0 Å². The number of Topliss-reactive ketones (excluding diaryl/α,β-unsaturated/α-hetero) is 1. The van der Waals surface area contributed by atoms with Crippen LogP contribution < -0.4 is 4.72 Å². The Labute approximate surface area is 145 Å². The summed E-state index contributed by atoms with van der Waals surface area (Å²) in [7, 11) is -3.81. The number of aliphatic hydroxyl groups is 1. The molecule has 5 nitrogen and oxygen atoms in total. The SMILES string of the molecule is CCCCCCCCC(=O)[C@H](CO)NS(=O)(=O)c1ccc(C)cc1. The second-order valence-electron chi connectivity index (χ2n) is 6.15. The van der Waals surface area contributed by atoms with E-state index in [4.69, 9.17) is 0 Å². The molecule has 0 aliphatic rings. The number of rotatable bonds is 12. The fraction of sp³-hybridized carbons (Fsp3) is 0.611. The molecule has 2 N–H and O–H groups in total. The van der Waals surface area contributed by atoms with Gasteiger partial charge < -0.3 is 5.11 Å². The standard InChI is InChI=1S/C18H29NO4S/c1-3-4-5-6-7-8-9-18(21)17(14-20)19-24(22,23)16-12-10-15(2)11-13-16/h10-13,17,19-20H,3-9,14H2,1-2H3/t17-/m0/s1. The van der Waals surface area contributed by atoms with Gasteiger partial charge in [-0.25, -0.2) is 8.42 Å². The fourth-order valence-electron chi connectivity index (χ4n) is 2.43. The number of nitrogens with one attached hydrogen (secondary N) is 1. The molecule has 1 rings (SSSR count). The van der Waals surface area contributed by atoms with Gasteiger partial charge in [0.2, 0.25) is 10.0 Å². The molecule has 24 heavy (non-hydrogen) atoms. The minimum atomic E-state index is -3.81. The molecule has 0 fully saturated rings. The van der Waals surface area contributed by atoms with E-state index in [0.29, 0.717) is 0 Å². The summed E-state index contributed by atoms with van der Waals surface area (Å²) < 4.78 is 26.9. The van der Waals surface area contributed by atoms with Crippen LogP contribution in [0, 0.1) is 6.92 Å². The number of carbonyl (C=O) groups excluding carboxylic acids is 1. The molecule has 6 heteroatoms. The highest BCUT2D eigenvalue weighted by Gasteiger charge is 2.24. The average molecular weight is 356 g/mol. The molecule has 136 valence electrons. The highest BCUT2D eigenvalue weighted by molar-refractivity contribution is 7.89. The fourth-order valence-corrected chi connectivity index (χ4v) is 3.64. The molecule has 0 amide bonds. The lowest BCUT2D eigenvalue weighted by Gasteiger charge is -2.15. The van der Waals surface area contributed by atoms with Crippen molar-refractivity contribution in [2.45, 2.75) is 69.7 Å². The first kappa shape index (κ1) is 20.8. The smallest absolute Gasteiger partial charge is 0.241 e. The van der Waals surface area contributed by atoms with E-state index >= 15 is 0 Å².